The van der Waals surface area contributed by atoms with Gasteiger partial charge in [0.25, 0.3) is 0 Å². The molecule has 4 aromatic carbocycles. The van der Waals surface area contributed by atoms with E-state index in [0.29, 0.717) is 0 Å². The van der Waals surface area contributed by atoms with Crippen molar-refractivity contribution in [3.8, 4) is 0 Å². The minimum atomic E-state index is -1.82. The van der Waals surface area contributed by atoms with Gasteiger partial charge in [-0.1, -0.05) is 0 Å². The van der Waals surface area contributed by atoms with E-state index in [2.05, 4.69) is 121 Å². The van der Waals surface area contributed by atoms with Crippen molar-refractivity contribution in [3.05, 3.63) is 121 Å². The van der Waals surface area contributed by atoms with Gasteiger partial charge >= 0.3 is 197 Å². The summed E-state index contributed by atoms with van der Waals surface area (Å²) >= 11 is -3.64. The van der Waals surface area contributed by atoms with Crippen molar-refractivity contribution in [1.82, 2.24) is 0 Å². The third kappa shape index (κ3) is 8.16. The molecule has 0 fully saturated rings. The molecule has 4 heteroatoms. The normalized spacial score (nSPS) is 10.4. The van der Waals surface area contributed by atoms with E-state index in [4.69, 9.17) is 0 Å². The summed E-state index contributed by atoms with van der Waals surface area (Å²) in [6, 6.07) is 45.3. The fourth-order valence-electron chi connectivity index (χ4n) is 4.07. The molecule has 0 heterocycles. The Morgan fingerprint density at radius 1 is 0.344 bits per heavy atom. The van der Waals surface area contributed by atoms with Crippen molar-refractivity contribution in [1.29, 1.82) is 0 Å². The summed E-state index contributed by atoms with van der Waals surface area (Å²) in [7, 11) is 0. The zero-order valence-electron chi connectivity index (χ0n) is 19.4. The SMILES string of the molecule is [Li].[Li].c1cc[c]([Sn]([CH2]CC[CH2][Sn]([c]2ccccc2)[c]2ccccc2)[c]2ccccc2)cc1. The maximum absolute atomic E-state index is 2.37. The quantitative estimate of drug-likeness (QED) is 0.200. The Labute approximate surface area is 232 Å². The van der Waals surface area contributed by atoms with E-state index in [1.54, 1.807) is 14.3 Å². The Kier molecular flexibility index (Phi) is 13.6. The fourth-order valence-corrected chi connectivity index (χ4v) is 19.5. The van der Waals surface area contributed by atoms with E-state index in [0.717, 1.165) is 0 Å². The zero-order valence-corrected chi connectivity index (χ0v) is 25.1. The van der Waals surface area contributed by atoms with Gasteiger partial charge in [0.15, 0.2) is 0 Å². The molecule has 0 saturated heterocycles. The first-order valence-corrected chi connectivity index (χ1v) is 20.6. The molecule has 0 spiro atoms. The standard InChI is InChI=1S/4C6H5.C4H8.2Li.2Sn/c4*1-2-4-6-5-3-1;1-3-4-2;;;;/h4*1-5H;1-4H2;;;;. The Bertz CT molecular complexity index is 833. The van der Waals surface area contributed by atoms with Crippen LogP contribution < -0.4 is 14.3 Å². The van der Waals surface area contributed by atoms with Crippen molar-refractivity contribution in [2.24, 2.45) is 0 Å². The number of hydrogen-bond acceptors (Lipinski definition) is 0. The van der Waals surface area contributed by atoms with Crippen LogP contribution in [0.5, 0.6) is 0 Å². The molecule has 0 unspecified atom stereocenters. The van der Waals surface area contributed by atoms with Crippen molar-refractivity contribution in [2.45, 2.75) is 21.7 Å². The maximum atomic E-state index is 2.37. The van der Waals surface area contributed by atoms with Gasteiger partial charge in [0.1, 0.15) is 0 Å². The second-order valence-corrected chi connectivity index (χ2v) is 22.5. The molecule has 150 valence electrons. The summed E-state index contributed by atoms with van der Waals surface area (Å²) in [5.41, 5.74) is 0. The van der Waals surface area contributed by atoms with Crippen LogP contribution in [0.1, 0.15) is 12.8 Å². The van der Waals surface area contributed by atoms with Gasteiger partial charge in [-0.05, 0) is 0 Å². The Morgan fingerprint density at radius 3 is 0.781 bits per heavy atom. The van der Waals surface area contributed by atoms with Crippen LogP contribution in [0.3, 0.4) is 0 Å². The van der Waals surface area contributed by atoms with Crippen molar-refractivity contribution >= 4 is 91.6 Å². The fraction of sp³-hybridized carbons (Fsp3) is 0.143. The van der Waals surface area contributed by atoms with E-state index in [1.807, 2.05) is 0 Å². The molecule has 0 amide bonds. The van der Waals surface area contributed by atoms with E-state index in [1.165, 1.54) is 21.7 Å². The van der Waals surface area contributed by atoms with Crippen molar-refractivity contribution in [2.75, 3.05) is 0 Å². The summed E-state index contributed by atoms with van der Waals surface area (Å²) in [5, 5.41) is 0. The molecule has 0 atom stereocenters. The molecule has 0 bridgehead atoms. The molecule has 0 aromatic heterocycles. The van der Waals surface area contributed by atoms with E-state index in [-0.39, 0.29) is 37.7 Å². The van der Waals surface area contributed by atoms with Crippen LogP contribution in [0.25, 0.3) is 0 Å². The van der Waals surface area contributed by atoms with Gasteiger partial charge < -0.3 is 0 Å². The molecule has 4 radical (unpaired) electrons. The average molecular weight is 616 g/mol. The second kappa shape index (κ2) is 15.6. The summed E-state index contributed by atoms with van der Waals surface area (Å²) in [6.45, 7) is 0. The first-order valence-electron chi connectivity index (χ1n) is 10.8. The zero-order chi connectivity index (χ0) is 20.4. The molecule has 0 aliphatic carbocycles. The van der Waals surface area contributed by atoms with Gasteiger partial charge in [0, 0.05) is 37.7 Å². The van der Waals surface area contributed by atoms with Crippen LogP contribution in [0.2, 0.25) is 8.87 Å². The molecule has 0 N–H and O–H groups in total. The first-order chi connectivity index (χ1) is 14.9. The predicted molar refractivity (Wildman–Crippen MR) is 146 cm³/mol. The molecule has 0 saturated carbocycles. The average Bonchev–Trinajstić information content (AvgIpc) is 2.84. The predicted octanol–water partition coefficient (Wildman–Crippen LogP) is 3.62. The summed E-state index contributed by atoms with van der Waals surface area (Å²) in [6.07, 6.45) is 2.73. The van der Waals surface area contributed by atoms with Gasteiger partial charge in [-0.15, -0.1) is 0 Å². The molecule has 0 nitrogen and oxygen atoms in total. The van der Waals surface area contributed by atoms with Gasteiger partial charge in [-0.25, -0.2) is 0 Å². The second-order valence-electron chi connectivity index (χ2n) is 7.63. The Hall–Kier alpha value is -0.328. The van der Waals surface area contributed by atoms with Crippen molar-refractivity contribution < 1.29 is 0 Å². The van der Waals surface area contributed by atoms with E-state index < -0.39 is 39.5 Å². The monoisotopic (exact) mass is 618 g/mol. The Morgan fingerprint density at radius 2 is 0.562 bits per heavy atom. The van der Waals surface area contributed by atoms with Gasteiger partial charge in [0.05, 0.1) is 0 Å². The van der Waals surface area contributed by atoms with Crippen LogP contribution in [0.4, 0.5) is 0 Å². The molecular weight excluding hydrogens is 588 g/mol. The molecule has 32 heavy (non-hydrogen) atoms. The van der Waals surface area contributed by atoms with Gasteiger partial charge in [-0.2, -0.15) is 0 Å². The first kappa shape index (κ1) is 27.9. The van der Waals surface area contributed by atoms with Crippen LogP contribution in [-0.2, 0) is 0 Å². The van der Waals surface area contributed by atoms with E-state index >= 15 is 0 Å². The van der Waals surface area contributed by atoms with Crippen LogP contribution in [0.15, 0.2) is 121 Å². The van der Waals surface area contributed by atoms with Gasteiger partial charge in [0.2, 0.25) is 0 Å². The summed E-state index contributed by atoms with van der Waals surface area (Å²) in [4.78, 5) is 0. The number of hydrogen-bond donors (Lipinski definition) is 0. The third-order valence-corrected chi connectivity index (χ3v) is 22.2. The molecule has 0 aliphatic rings. The van der Waals surface area contributed by atoms with E-state index in [9.17, 15) is 0 Å². The van der Waals surface area contributed by atoms with Crippen LogP contribution >= 0.6 is 0 Å². The Balaban J connectivity index is 0.00000181. The van der Waals surface area contributed by atoms with Crippen molar-refractivity contribution in [3.63, 3.8) is 0 Å². The molecule has 4 rings (SSSR count). The number of unbranched alkanes of at least 4 members (excludes halogenated alkanes) is 1. The number of benzene rings is 4. The molecule has 4 aromatic rings. The number of rotatable bonds is 9. The van der Waals surface area contributed by atoms with Crippen LogP contribution in [0, 0.1) is 0 Å². The summed E-state index contributed by atoms with van der Waals surface area (Å²) in [5.74, 6) is 0. The third-order valence-electron chi connectivity index (χ3n) is 5.59. The van der Waals surface area contributed by atoms with Crippen LogP contribution in [-0.4, -0.2) is 77.2 Å². The summed E-state index contributed by atoms with van der Waals surface area (Å²) < 4.78 is 9.37. The molecular formula is C28H28Li2Sn2. The minimum absolute atomic E-state index is 0. The topological polar surface area (TPSA) is 0 Å². The molecule has 0 aliphatic heterocycles. The van der Waals surface area contributed by atoms with Gasteiger partial charge in [-0.3, -0.25) is 0 Å².